The number of hydrogen-bond donors (Lipinski definition) is 1. The smallest absolute Gasteiger partial charge is 0.326 e. The Hall–Kier alpha value is -3.49. The third-order valence-electron chi connectivity index (χ3n) is 6.33. The molecule has 0 unspecified atom stereocenters. The molecule has 2 aromatic rings. The SMILES string of the molecule is CC(C)(C)c1cc(NC(=O)COC(=O)CN2C(=O)[C@H]3CCCC[C@H]3C2=O)n(-c2ccccc2)n1. The molecule has 2 heterocycles. The van der Waals surface area contributed by atoms with Crippen molar-refractivity contribution in [3.8, 4) is 5.69 Å². The quantitative estimate of drug-likeness (QED) is 0.518. The van der Waals surface area contributed by atoms with Gasteiger partial charge in [-0.15, -0.1) is 0 Å². The third kappa shape index (κ3) is 4.88. The van der Waals surface area contributed by atoms with Crippen LogP contribution < -0.4 is 5.32 Å². The topological polar surface area (TPSA) is 111 Å². The molecule has 3 amide bonds. The van der Waals surface area contributed by atoms with Gasteiger partial charge in [-0.2, -0.15) is 5.10 Å². The van der Waals surface area contributed by atoms with Crippen molar-refractivity contribution in [1.82, 2.24) is 14.7 Å². The molecule has 1 aromatic carbocycles. The molecule has 9 heteroatoms. The Balaban J connectivity index is 1.38. The van der Waals surface area contributed by atoms with E-state index in [0.29, 0.717) is 18.7 Å². The number of para-hydroxylation sites is 1. The average molecular weight is 467 g/mol. The van der Waals surface area contributed by atoms with Crippen LogP contribution in [-0.2, 0) is 29.3 Å². The fraction of sp³-hybridized carbons (Fsp3) is 0.480. The van der Waals surface area contributed by atoms with Crippen molar-refractivity contribution in [1.29, 1.82) is 0 Å². The molecule has 1 aliphatic heterocycles. The summed E-state index contributed by atoms with van der Waals surface area (Å²) in [5.41, 5.74) is 1.33. The van der Waals surface area contributed by atoms with Gasteiger partial charge in [-0.3, -0.25) is 24.1 Å². The van der Waals surface area contributed by atoms with E-state index in [1.54, 1.807) is 10.7 Å². The van der Waals surface area contributed by atoms with Crippen molar-refractivity contribution in [2.75, 3.05) is 18.5 Å². The van der Waals surface area contributed by atoms with E-state index in [0.717, 1.165) is 29.1 Å². The van der Waals surface area contributed by atoms with Crippen LogP contribution in [0.2, 0.25) is 0 Å². The highest BCUT2D eigenvalue weighted by molar-refractivity contribution is 6.07. The number of fused-ring (bicyclic) bond motifs is 1. The molecule has 4 rings (SSSR count). The highest BCUT2D eigenvalue weighted by Crippen LogP contribution is 2.37. The Kier molecular flexibility index (Phi) is 6.54. The molecule has 0 bridgehead atoms. The number of nitrogens with one attached hydrogen (secondary N) is 1. The monoisotopic (exact) mass is 466 g/mol. The van der Waals surface area contributed by atoms with Gasteiger partial charge >= 0.3 is 5.97 Å². The lowest BCUT2D eigenvalue weighted by Crippen LogP contribution is -2.37. The summed E-state index contributed by atoms with van der Waals surface area (Å²) in [6.07, 6.45) is 3.17. The summed E-state index contributed by atoms with van der Waals surface area (Å²) in [6, 6.07) is 11.2. The number of anilines is 1. The lowest BCUT2D eigenvalue weighted by atomic mass is 9.81. The minimum Gasteiger partial charge on any atom is -0.454 e. The third-order valence-corrected chi connectivity index (χ3v) is 6.33. The zero-order valence-electron chi connectivity index (χ0n) is 19.7. The van der Waals surface area contributed by atoms with Gasteiger partial charge in [0.1, 0.15) is 12.4 Å². The maximum atomic E-state index is 12.6. The summed E-state index contributed by atoms with van der Waals surface area (Å²) < 4.78 is 6.71. The predicted octanol–water partition coefficient (Wildman–Crippen LogP) is 2.83. The van der Waals surface area contributed by atoms with Crippen LogP contribution in [0.15, 0.2) is 36.4 Å². The number of aromatic nitrogens is 2. The highest BCUT2D eigenvalue weighted by atomic mass is 16.5. The molecular formula is C25H30N4O5. The number of amides is 3. The highest BCUT2D eigenvalue weighted by Gasteiger charge is 2.48. The Morgan fingerprint density at radius 2 is 1.68 bits per heavy atom. The number of imide groups is 1. The van der Waals surface area contributed by atoms with Crippen molar-refractivity contribution in [2.24, 2.45) is 11.8 Å². The molecule has 1 saturated carbocycles. The van der Waals surface area contributed by atoms with E-state index in [2.05, 4.69) is 10.4 Å². The molecule has 9 nitrogen and oxygen atoms in total. The molecule has 1 N–H and O–H groups in total. The molecule has 0 spiro atoms. The molecule has 0 radical (unpaired) electrons. The fourth-order valence-electron chi connectivity index (χ4n) is 4.49. The standard InChI is InChI=1S/C25H30N4O5/c1-25(2,3)19-13-20(29(27-19)16-9-5-4-6-10-16)26-21(30)15-34-22(31)14-28-23(32)17-11-7-8-12-18(17)24(28)33/h4-6,9-10,13,17-18H,7-8,11-12,14-15H2,1-3H3,(H,26,30)/t17-,18+. The van der Waals surface area contributed by atoms with Crippen LogP contribution in [0.4, 0.5) is 5.82 Å². The second kappa shape index (κ2) is 9.40. The van der Waals surface area contributed by atoms with Crippen LogP contribution >= 0.6 is 0 Å². The summed E-state index contributed by atoms with van der Waals surface area (Å²) in [6.45, 7) is 5.07. The second-order valence-corrected chi connectivity index (χ2v) is 9.88. The van der Waals surface area contributed by atoms with E-state index in [-0.39, 0.29) is 29.1 Å². The lowest BCUT2D eigenvalue weighted by molar-refractivity contribution is -0.154. The van der Waals surface area contributed by atoms with Crippen molar-refractivity contribution in [2.45, 2.75) is 51.9 Å². The van der Waals surface area contributed by atoms with Crippen LogP contribution in [0.5, 0.6) is 0 Å². The Labute approximate surface area is 198 Å². The largest absolute Gasteiger partial charge is 0.454 e. The molecule has 2 fully saturated rings. The van der Waals surface area contributed by atoms with Gasteiger partial charge in [-0.1, -0.05) is 51.8 Å². The van der Waals surface area contributed by atoms with Crippen LogP contribution in [0.3, 0.4) is 0 Å². The first-order valence-corrected chi connectivity index (χ1v) is 11.6. The van der Waals surface area contributed by atoms with Crippen molar-refractivity contribution in [3.05, 3.63) is 42.1 Å². The zero-order valence-corrected chi connectivity index (χ0v) is 19.7. The summed E-state index contributed by atoms with van der Waals surface area (Å²) in [4.78, 5) is 50.9. The molecule has 1 aliphatic carbocycles. The number of benzene rings is 1. The number of esters is 1. The normalized spacial score (nSPS) is 20.3. The van der Waals surface area contributed by atoms with Crippen LogP contribution in [0.25, 0.3) is 5.69 Å². The fourth-order valence-corrected chi connectivity index (χ4v) is 4.49. The van der Waals surface area contributed by atoms with E-state index in [1.807, 2.05) is 51.1 Å². The number of carbonyl (C=O) groups is 4. The number of hydrogen-bond acceptors (Lipinski definition) is 6. The van der Waals surface area contributed by atoms with Crippen LogP contribution in [0, 0.1) is 11.8 Å². The van der Waals surface area contributed by atoms with Gasteiger partial charge in [0, 0.05) is 11.5 Å². The molecule has 1 saturated heterocycles. The van der Waals surface area contributed by atoms with E-state index in [4.69, 9.17) is 4.74 Å². The minimum atomic E-state index is -0.789. The number of ether oxygens (including phenoxy) is 1. The Bertz CT molecular complexity index is 1080. The summed E-state index contributed by atoms with van der Waals surface area (Å²) in [5.74, 6) is -2.15. The van der Waals surface area contributed by atoms with E-state index < -0.39 is 25.0 Å². The molecule has 2 aliphatic rings. The van der Waals surface area contributed by atoms with Gasteiger partial charge < -0.3 is 10.1 Å². The molecule has 2 atom stereocenters. The van der Waals surface area contributed by atoms with Gasteiger partial charge in [-0.25, -0.2) is 4.68 Å². The van der Waals surface area contributed by atoms with Gasteiger partial charge in [0.05, 0.1) is 23.2 Å². The second-order valence-electron chi connectivity index (χ2n) is 9.88. The summed E-state index contributed by atoms with van der Waals surface area (Å²) in [5, 5.41) is 7.38. The van der Waals surface area contributed by atoms with Crippen LogP contribution in [-0.4, -0.2) is 51.5 Å². The van der Waals surface area contributed by atoms with Crippen molar-refractivity contribution in [3.63, 3.8) is 0 Å². The zero-order chi connectivity index (χ0) is 24.5. The van der Waals surface area contributed by atoms with Crippen molar-refractivity contribution >= 4 is 29.5 Å². The van der Waals surface area contributed by atoms with Gasteiger partial charge in [0.2, 0.25) is 11.8 Å². The maximum absolute atomic E-state index is 12.6. The average Bonchev–Trinajstić information content (AvgIpc) is 3.34. The van der Waals surface area contributed by atoms with E-state index >= 15 is 0 Å². The van der Waals surface area contributed by atoms with E-state index in [1.165, 1.54) is 0 Å². The van der Waals surface area contributed by atoms with Crippen molar-refractivity contribution < 1.29 is 23.9 Å². The van der Waals surface area contributed by atoms with E-state index in [9.17, 15) is 19.2 Å². The Morgan fingerprint density at radius 1 is 1.06 bits per heavy atom. The number of carbonyl (C=O) groups excluding carboxylic acids is 4. The first kappa shape index (κ1) is 23.7. The number of rotatable bonds is 6. The predicted molar refractivity (Wildman–Crippen MR) is 124 cm³/mol. The molecule has 34 heavy (non-hydrogen) atoms. The maximum Gasteiger partial charge on any atom is 0.326 e. The van der Waals surface area contributed by atoms with Gasteiger partial charge in [0.15, 0.2) is 6.61 Å². The Morgan fingerprint density at radius 3 is 2.26 bits per heavy atom. The van der Waals surface area contributed by atoms with Crippen LogP contribution in [0.1, 0.15) is 52.1 Å². The first-order valence-electron chi connectivity index (χ1n) is 11.6. The molecule has 180 valence electrons. The lowest BCUT2D eigenvalue weighted by Gasteiger charge is -2.19. The molecular weight excluding hydrogens is 436 g/mol. The summed E-state index contributed by atoms with van der Waals surface area (Å²) in [7, 11) is 0. The molecule has 1 aromatic heterocycles. The minimum absolute atomic E-state index is 0.238. The number of likely N-dealkylation sites (tertiary alicyclic amines) is 1. The van der Waals surface area contributed by atoms with Gasteiger partial charge in [-0.05, 0) is 25.0 Å². The summed E-state index contributed by atoms with van der Waals surface area (Å²) >= 11 is 0. The first-order chi connectivity index (χ1) is 16.1. The number of nitrogens with zero attached hydrogens (tertiary/aromatic N) is 3. The van der Waals surface area contributed by atoms with Gasteiger partial charge in [0.25, 0.3) is 5.91 Å².